The van der Waals surface area contributed by atoms with Gasteiger partial charge in [0.25, 0.3) is 0 Å². The van der Waals surface area contributed by atoms with E-state index in [2.05, 4.69) is 31.2 Å². The molecular weight excluding hydrogens is 304 g/mol. The minimum atomic E-state index is -0.391. The van der Waals surface area contributed by atoms with E-state index in [1.807, 2.05) is 24.3 Å². The molecule has 0 heterocycles. The Bertz CT molecular complexity index is 519. The van der Waals surface area contributed by atoms with Gasteiger partial charge in [0, 0.05) is 12.5 Å². The zero-order valence-electron chi connectivity index (χ0n) is 15.1. The number of carbonyl (C=O) groups is 1. The molecule has 1 aliphatic rings. The van der Waals surface area contributed by atoms with Crippen LogP contribution in [0.4, 0.5) is 10.5 Å². The van der Waals surface area contributed by atoms with E-state index in [1.165, 1.54) is 6.42 Å². The number of ether oxygens (including phenoxy) is 2. The van der Waals surface area contributed by atoms with Crippen molar-refractivity contribution in [1.29, 1.82) is 0 Å². The second kappa shape index (κ2) is 9.52. The smallest absolute Gasteiger partial charge is 0.412 e. The summed E-state index contributed by atoms with van der Waals surface area (Å²) in [4.78, 5) is 14.5. The first kappa shape index (κ1) is 18.6. The molecule has 0 spiro atoms. The Labute approximate surface area is 145 Å². The average Bonchev–Trinajstić information content (AvgIpc) is 2.55. The van der Waals surface area contributed by atoms with Crippen LogP contribution in [-0.4, -0.2) is 44.3 Å². The van der Waals surface area contributed by atoms with Gasteiger partial charge >= 0.3 is 6.09 Å². The van der Waals surface area contributed by atoms with Gasteiger partial charge < -0.3 is 14.4 Å². The Hall–Kier alpha value is -1.75. The molecule has 1 aliphatic carbocycles. The van der Waals surface area contributed by atoms with E-state index < -0.39 is 6.09 Å². The van der Waals surface area contributed by atoms with E-state index in [4.69, 9.17) is 9.47 Å². The standard InChI is InChI=1S/C19H30N2O3/c1-4-13-23-18-12-8-6-10-16(18)20-19(22)24-17-11-7-5-9-15(17)14-21(2)3/h6,8,10,12,15,17H,4-5,7,9,11,13-14H2,1-3H3,(H,20,22)/t15-,17+/m1/s1. The van der Waals surface area contributed by atoms with Gasteiger partial charge in [-0.05, 0) is 51.9 Å². The van der Waals surface area contributed by atoms with Crippen LogP contribution < -0.4 is 10.1 Å². The average molecular weight is 334 g/mol. The van der Waals surface area contributed by atoms with Crippen LogP contribution in [0.2, 0.25) is 0 Å². The molecule has 1 aromatic rings. The number of rotatable bonds is 7. The van der Waals surface area contributed by atoms with Crippen LogP contribution in [0, 0.1) is 5.92 Å². The van der Waals surface area contributed by atoms with Gasteiger partial charge in [0.15, 0.2) is 0 Å². The lowest BCUT2D eigenvalue weighted by Gasteiger charge is -2.32. The molecule has 24 heavy (non-hydrogen) atoms. The Morgan fingerprint density at radius 2 is 2.00 bits per heavy atom. The first-order valence-corrected chi connectivity index (χ1v) is 8.94. The van der Waals surface area contributed by atoms with E-state index in [1.54, 1.807) is 0 Å². The molecule has 2 atom stereocenters. The number of anilines is 1. The van der Waals surface area contributed by atoms with Crippen molar-refractivity contribution in [2.75, 3.05) is 32.6 Å². The molecule has 1 amide bonds. The number of nitrogens with one attached hydrogen (secondary N) is 1. The van der Waals surface area contributed by atoms with Gasteiger partial charge in [-0.25, -0.2) is 4.79 Å². The zero-order valence-corrected chi connectivity index (χ0v) is 15.1. The molecule has 0 saturated heterocycles. The van der Waals surface area contributed by atoms with Crippen LogP contribution in [0.5, 0.6) is 5.75 Å². The number of amides is 1. The van der Waals surface area contributed by atoms with Crippen LogP contribution in [0.15, 0.2) is 24.3 Å². The van der Waals surface area contributed by atoms with Crippen molar-refractivity contribution in [3.05, 3.63) is 24.3 Å². The Kier molecular flexibility index (Phi) is 7.37. The van der Waals surface area contributed by atoms with Crippen LogP contribution in [0.1, 0.15) is 39.0 Å². The first-order chi connectivity index (χ1) is 11.6. The van der Waals surface area contributed by atoms with Crippen molar-refractivity contribution in [2.24, 2.45) is 5.92 Å². The quantitative estimate of drug-likeness (QED) is 0.814. The van der Waals surface area contributed by atoms with Crippen LogP contribution in [0.3, 0.4) is 0 Å². The molecule has 1 N–H and O–H groups in total. The summed E-state index contributed by atoms with van der Waals surface area (Å²) < 4.78 is 11.4. The number of para-hydroxylation sites is 2. The molecule has 1 fully saturated rings. The van der Waals surface area contributed by atoms with Crippen LogP contribution >= 0.6 is 0 Å². The summed E-state index contributed by atoms with van der Waals surface area (Å²) in [5.74, 6) is 1.09. The van der Waals surface area contributed by atoms with E-state index in [9.17, 15) is 4.79 Å². The molecule has 0 aliphatic heterocycles. The molecule has 2 rings (SSSR count). The summed E-state index contributed by atoms with van der Waals surface area (Å²) in [6.45, 7) is 3.63. The maximum absolute atomic E-state index is 12.3. The summed E-state index contributed by atoms with van der Waals surface area (Å²) >= 11 is 0. The summed E-state index contributed by atoms with van der Waals surface area (Å²) in [5.41, 5.74) is 0.663. The molecule has 0 unspecified atom stereocenters. The van der Waals surface area contributed by atoms with Gasteiger partial charge in [0.2, 0.25) is 0 Å². The highest BCUT2D eigenvalue weighted by molar-refractivity contribution is 5.86. The highest BCUT2D eigenvalue weighted by Gasteiger charge is 2.28. The summed E-state index contributed by atoms with van der Waals surface area (Å²) in [7, 11) is 4.13. The number of carbonyl (C=O) groups excluding carboxylic acids is 1. The zero-order chi connectivity index (χ0) is 17.4. The van der Waals surface area contributed by atoms with E-state index in [0.29, 0.717) is 24.0 Å². The third kappa shape index (κ3) is 5.71. The van der Waals surface area contributed by atoms with Gasteiger partial charge in [-0.2, -0.15) is 0 Å². The van der Waals surface area contributed by atoms with Crippen LogP contribution in [0.25, 0.3) is 0 Å². The summed E-state index contributed by atoms with van der Waals surface area (Å²) in [5, 5.41) is 2.84. The van der Waals surface area contributed by atoms with Crippen molar-refractivity contribution in [1.82, 2.24) is 4.90 Å². The lowest BCUT2D eigenvalue weighted by atomic mass is 9.86. The Balaban J connectivity index is 1.94. The maximum Gasteiger partial charge on any atom is 0.412 e. The van der Waals surface area contributed by atoms with Crippen molar-refractivity contribution in [3.8, 4) is 5.75 Å². The minimum Gasteiger partial charge on any atom is -0.491 e. The molecule has 5 nitrogen and oxygen atoms in total. The highest BCUT2D eigenvalue weighted by atomic mass is 16.6. The summed E-state index contributed by atoms with van der Waals surface area (Å²) in [6, 6.07) is 7.48. The van der Waals surface area contributed by atoms with Crippen molar-refractivity contribution in [2.45, 2.75) is 45.1 Å². The van der Waals surface area contributed by atoms with E-state index in [-0.39, 0.29) is 6.10 Å². The topological polar surface area (TPSA) is 50.8 Å². The van der Waals surface area contributed by atoms with Gasteiger partial charge in [-0.3, -0.25) is 5.32 Å². The molecule has 5 heteroatoms. The molecule has 1 saturated carbocycles. The lowest BCUT2D eigenvalue weighted by molar-refractivity contribution is 0.0357. The fraction of sp³-hybridized carbons (Fsp3) is 0.632. The van der Waals surface area contributed by atoms with Gasteiger partial charge in [0.1, 0.15) is 11.9 Å². The van der Waals surface area contributed by atoms with E-state index in [0.717, 1.165) is 32.2 Å². The molecule has 134 valence electrons. The number of benzene rings is 1. The third-order valence-electron chi connectivity index (χ3n) is 4.28. The SMILES string of the molecule is CCCOc1ccccc1NC(=O)O[C@H]1CCCC[C@@H]1CN(C)C. The third-order valence-corrected chi connectivity index (χ3v) is 4.28. The largest absolute Gasteiger partial charge is 0.491 e. The predicted molar refractivity (Wildman–Crippen MR) is 96.6 cm³/mol. The van der Waals surface area contributed by atoms with Gasteiger partial charge in [-0.15, -0.1) is 0 Å². The lowest BCUT2D eigenvalue weighted by Crippen LogP contribution is -2.37. The predicted octanol–water partition coefficient (Wildman–Crippen LogP) is 4.14. The number of hydrogen-bond acceptors (Lipinski definition) is 4. The first-order valence-electron chi connectivity index (χ1n) is 8.94. The van der Waals surface area contributed by atoms with Crippen molar-refractivity contribution >= 4 is 11.8 Å². The van der Waals surface area contributed by atoms with Crippen molar-refractivity contribution in [3.63, 3.8) is 0 Å². The fourth-order valence-electron chi connectivity index (χ4n) is 3.19. The molecule has 0 aromatic heterocycles. The van der Waals surface area contributed by atoms with Crippen molar-refractivity contribution < 1.29 is 14.3 Å². The van der Waals surface area contributed by atoms with Crippen LogP contribution in [-0.2, 0) is 4.74 Å². The fourth-order valence-corrected chi connectivity index (χ4v) is 3.19. The Morgan fingerprint density at radius 3 is 2.75 bits per heavy atom. The second-order valence-corrected chi connectivity index (χ2v) is 6.72. The molecular formula is C19H30N2O3. The van der Waals surface area contributed by atoms with Gasteiger partial charge in [-0.1, -0.05) is 25.5 Å². The molecule has 0 bridgehead atoms. The maximum atomic E-state index is 12.3. The van der Waals surface area contributed by atoms with Gasteiger partial charge in [0.05, 0.1) is 12.3 Å². The highest BCUT2D eigenvalue weighted by Crippen LogP contribution is 2.29. The number of hydrogen-bond donors (Lipinski definition) is 1. The number of nitrogens with zero attached hydrogens (tertiary/aromatic N) is 1. The normalized spacial score (nSPS) is 20.7. The Morgan fingerprint density at radius 1 is 1.25 bits per heavy atom. The summed E-state index contributed by atoms with van der Waals surface area (Å²) in [6.07, 6.45) is 4.92. The monoisotopic (exact) mass is 334 g/mol. The molecule has 0 radical (unpaired) electrons. The second-order valence-electron chi connectivity index (χ2n) is 6.72. The minimum absolute atomic E-state index is 0.00938. The van der Waals surface area contributed by atoms with E-state index >= 15 is 0 Å². The molecule has 1 aromatic carbocycles.